The summed E-state index contributed by atoms with van der Waals surface area (Å²) in [5.41, 5.74) is 3.22. The molecule has 1 aliphatic heterocycles. The van der Waals surface area contributed by atoms with Crippen LogP contribution < -0.4 is 5.32 Å². The van der Waals surface area contributed by atoms with E-state index in [0.29, 0.717) is 6.04 Å². The number of hydrogen-bond acceptors (Lipinski definition) is 2. The van der Waals surface area contributed by atoms with E-state index < -0.39 is 0 Å². The third kappa shape index (κ3) is 3.87. The van der Waals surface area contributed by atoms with E-state index in [1.54, 1.807) is 0 Å². The molecule has 1 aromatic carbocycles. The summed E-state index contributed by atoms with van der Waals surface area (Å²) in [7, 11) is 0. The lowest BCUT2D eigenvalue weighted by molar-refractivity contribution is 0.160. The molecule has 2 nitrogen and oxygen atoms in total. The van der Waals surface area contributed by atoms with Gasteiger partial charge in [-0.3, -0.25) is 4.90 Å². The molecule has 1 N–H and O–H groups in total. The van der Waals surface area contributed by atoms with Crippen molar-refractivity contribution in [3.63, 3.8) is 0 Å². The van der Waals surface area contributed by atoms with Crippen molar-refractivity contribution in [3.05, 3.63) is 35.4 Å². The quantitative estimate of drug-likeness (QED) is 0.907. The molecule has 0 bridgehead atoms. The molecule has 0 radical (unpaired) electrons. The van der Waals surface area contributed by atoms with Gasteiger partial charge >= 0.3 is 0 Å². The van der Waals surface area contributed by atoms with Gasteiger partial charge in [0, 0.05) is 32.2 Å². The zero-order valence-corrected chi connectivity index (χ0v) is 13.9. The molecule has 1 saturated carbocycles. The van der Waals surface area contributed by atoms with Crippen LogP contribution in [0, 0.1) is 5.92 Å². The van der Waals surface area contributed by atoms with E-state index in [9.17, 15) is 0 Å². The molecule has 0 aromatic heterocycles. The van der Waals surface area contributed by atoms with Crippen LogP contribution in [0.5, 0.6) is 0 Å². The number of rotatable bonds is 4. The maximum atomic E-state index is 3.48. The zero-order chi connectivity index (χ0) is 14.9. The van der Waals surface area contributed by atoms with Crippen LogP contribution in [0.1, 0.15) is 57.2 Å². The molecule has 2 aliphatic rings. The van der Waals surface area contributed by atoms with Gasteiger partial charge in [0.05, 0.1) is 0 Å². The molecule has 2 heteroatoms. The van der Waals surface area contributed by atoms with Crippen LogP contribution >= 0.6 is 0 Å². The van der Waals surface area contributed by atoms with Crippen molar-refractivity contribution in [1.29, 1.82) is 0 Å². The van der Waals surface area contributed by atoms with Gasteiger partial charge in [0.2, 0.25) is 0 Å². The first-order chi connectivity index (χ1) is 10.0. The summed E-state index contributed by atoms with van der Waals surface area (Å²) in [6.45, 7) is 11.5. The summed E-state index contributed by atoms with van der Waals surface area (Å²) in [5, 5.41) is 3.48. The van der Waals surface area contributed by atoms with Gasteiger partial charge in [-0.05, 0) is 28.9 Å². The Morgan fingerprint density at radius 2 is 1.71 bits per heavy atom. The summed E-state index contributed by atoms with van der Waals surface area (Å²) in [4.78, 5) is 2.70. The van der Waals surface area contributed by atoms with Crippen molar-refractivity contribution in [3.8, 4) is 0 Å². The van der Waals surface area contributed by atoms with Crippen molar-refractivity contribution in [1.82, 2.24) is 10.2 Å². The molecule has 2 fully saturated rings. The molecular weight excluding hydrogens is 256 g/mol. The van der Waals surface area contributed by atoms with Gasteiger partial charge in [0.1, 0.15) is 0 Å². The van der Waals surface area contributed by atoms with Crippen molar-refractivity contribution >= 4 is 0 Å². The summed E-state index contributed by atoms with van der Waals surface area (Å²) in [6.07, 6.45) is 4.25. The molecule has 0 amide bonds. The predicted octanol–water partition coefficient (Wildman–Crippen LogP) is 3.73. The standard InChI is InChI=1S/C19H30N2/c1-19(2,3)17-8-6-16(7-9-17)18(14-15-4-5-15)21-12-10-20-11-13-21/h6-9,15,18,20H,4-5,10-14H2,1-3H3/t18-/m1/s1. The molecule has 1 saturated heterocycles. The highest BCUT2D eigenvalue weighted by Gasteiger charge is 2.30. The molecular formula is C19H30N2. The van der Waals surface area contributed by atoms with Gasteiger partial charge in [0.15, 0.2) is 0 Å². The molecule has 1 atom stereocenters. The second-order valence-corrected chi connectivity index (χ2v) is 7.85. The Bertz CT molecular complexity index is 447. The molecule has 0 spiro atoms. The fraction of sp³-hybridized carbons (Fsp3) is 0.684. The minimum absolute atomic E-state index is 0.250. The Morgan fingerprint density at radius 3 is 2.24 bits per heavy atom. The molecule has 1 aliphatic carbocycles. The van der Waals surface area contributed by atoms with E-state index in [0.717, 1.165) is 19.0 Å². The van der Waals surface area contributed by atoms with Gasteiger partial charge in [-0.15, -0.1) is 0 Å². The highest BCUT2D eigenvalue weighted by atomic mass is 15.2. The SMILES string of the molecule is CC(C)(C)c1ccc([C@@H](CC2CC2)N2CCNCC2)cc1. The normalized spacial score (nSPS) is 22.2. The second kappa shape index (κ2) is 6.10. The van der Waals surface area contributed by atoms with Crippen molar-refractivity contribution in [2.45, 2.75) is 51.5 Å². The van der Waals surface area contributed by atoms with E-state index in [4.69, 9.17) is 0 Å². The van der Waals surface area contributed by atoms with E-state index >= 15 is 0 Å². The van der Waals surface area contributed by atoms with Crippen LogP contribution in [0.25, 0.3) is 0 Å². The fourth-order valence-electron chi connectivity index (χ4n) is 3.36. The first kappa shape index (κ1) is 15.1. The number of nitrogens with one attached hydrogen (secondary N) is 1. The largest absolute Gasteiger partial charge is 0.314 e. The van der Waals surface area contributed by atoms with Crippen molar-refractivity contribution < 1.29 is 0 Å². The van der Waals surface area contributed by atoms with Crippen LogP contribution in [-0.4, -0.2) is 31.1 Å². The summed E-state index contributed by atoms with van der Waals surface area (Å²) >= 11 is 0. The number of piperazine rings is 1. The average Bonchev–Trinajstić information content (AvgIpc) is 3.29. The molecule has 21 heavy (non-hydrogen) atoms. The third-order valence-corrected chi connectivity index (χ3v) is 5.01. The molecule has 3 rings (SSSR count). The zero-order valence-electron chi connectivity index (χ0n) is 13.9. The van der Waals surface area contributed by atoms with E-state index in [1.165, 1.54) is 43.5 Å². The van der Waals surface area contributed by atoms with Crippen LogP contribution in [0.15, 0.2) is 24.3 Å². The first-order valence-electron chi connectivity index (χ1n) is 8.59. The summed E-state index contributed by atoms with van der Waals surface area (Å²) < 4.78 is 0. The average molecular weight is 286 g/mol. The lowest BCUT2D eigenvalue weighted by Gasteiger charge is -2.35. The van der Waals surface area contributed by atoms with Crippen molar-refractivity contribution in [2.24, 2.45) is 5.92 Å². The monoisotopic (exact) mass is 286 g/mol. The topological polar surface area (TPSA) is 15.3 Å². The first-order valence-corrected chi connectivity index (χ1v) is 8.59. The highest BCUT2D eigenvalue weighted by molar-refractivity contribution is 5.29. The van der Waals surface area contributed by atoms with Gasteiger partial charge < -0.3 is 5.32 Å². The molecule has 116 valence electrons. The number of benzene rings is 1. The molecule has 1 heterocycles. The van der Waals surface area contributed by atoms with Gasteiger partial charge in [-0.2, -0.15) is 0 Å². The minimum Gasteiger partial charge on any atom is -0.314 e. The number of hydrogen-bond donors (Lipinski definition) is 1. The van der Waals surface area contributed by atoms with Crippen LogP contribution in [-0.2, 0) is 5.41 Å². The Hall–Kier alpha value is -0.860. The van der Waals surface area contributed by atoms with E-state index in [1.807, 2.05) is 0 Å². The number of nitrogens with zero attached hydrogens (tertiary/aromatic N) is 1. The summed E-state index contributed by atoms with van der Waals surface area (Å²) in [5.74, 6) is 0.979. The fourth-order valence-corrected chi connectivity index (χ4v) is 3.36. The maximum Gasteiger partial charge on any atom is 0.0351 e. The molecule has 0 unspecified atom stereocenters. The maximum absolute atomic E-state index is 3.48. The van der Waals surface area contributed by atoms with Gasteiger partial charge in [-0.25, -0.2) is 0 Å². The second-order valence-electron chi connectivity index (χ2n) is 7.85. The van der Waals surface area contributed by atoms with E-state index in [-0.39, 0.29) is 5.41 Å². The van der Waals surface area contributed by atoms with Crippen molar-refractivity contribution in [2.75, 3.05) is 26.2 Å². The Morgan fingerprint density at radius 1 is 1.10 bits per heavy atom. The lowest BCUT2D eigenvalue weighted by atomic mass is 9.85. The Balaban J connectivity index is 1.78. The lowest BCUT2D eigenvalue weighted by Crippen LogP contribution is -2.45. The minimum atomic E-state index is 0.250. The van der Waals surface area contributed by atoms with Gasteiger partial charge in [0.25, 0.3) is 0 Å². The summed E-state index contributed by atoms with van der Waals surface area (Å²) in [6, 6.07) is 10.1. The smallest absolute Gasteiger partial charge is 0.0351 e. The van der Waals surface area contributed by atoms with Crippen LogP contribution in [0.2, 0.25) is 0 Å². The van der Waals surface area contributed by atoms with E-state index in [2.05, 4.69) is 55.3 Å². The molecule has 1 aromatic rings. The van der Waals surface area contributed by atoms with Crippen LogP contribution in [0.4, 0.5) is 0 Å². The Kier molecular flexibility index (Phi) is 4.37. The van der Waals surface area contributed by atoms with Crippen LogP contribution in [0.3, 0.4) is 0 Å². The van der Waals surface area contributed by atoms with Gasteiger partial charge in [-0.1, -0.05) is 57.9 Å². The Labute approximate surface area is 129 Å². The highest BCUT2D eigenvalue weighted by Crippen LogP contribution is 2.40. The third-order valence-electron chi connectivity index (χ3n) is 5.01. The predicted molar refractivity (Wildman–Crippen MR) is 89.7 cm³/mol.